The maximum Gasteiger partial charge on any atom is 0.339 e. The topological polar surface area (TPSA) is 82.1 Å². The van der Waals surface area contributed by atoms with Gasteiger partial charge in [0.15, 0.2) is 11.5 Å². The van der Waals surface area contributed by atoms with Gasteiger partial charge in [-0.25, -0.2) is 13.2 Å². The smallest absolute Gasteiger partial charge is 0.339 e. The lowest BCUT2D eigenvalue weighted by Gasteiger charge is -2.19. The van der Waals surface area contributed by atoms with Gasteiger partial charge in [0.05, 0.1) is 17.6 Å². The number of benzene rings is 2. The van der Waals surface area contributed by atoms with E-state index in [0.717, 1.165) is 5.56 Å². The number of fused-ring (bicyclic) bond motifs is 1. The Kier molecular flexibility index (Phi) is 4.65. The Morgan fingerprint density at radius 1 is 1.16 bits per heavy atom. The van der Waals surface area contributed by atoms with Crippen LogP contribution in [0.5, 0.6) is 11.5 Å². The molecule has 0 saturated carbocycles. The van der Waals surface area contributed by atoms with E-state index in [9.17, 15) is 13.2 Å². The lowest BCUT2D eigenvalue weighted by molar-refractivity contribution is 0.0596. The first-order valence-corrected chi connectivity index (χ1v) is 8.89. The number of hydrogen-bond donors (Lipinski definition) is 0. The molecule has 2 aromatic rings. The molecule has 0 bridgehead atoms. The largest absolute Gasteiger partial charge is 0.465 e. The molecule has 0 N–H and O–H groups in total. The third kappa shape index (κ3) is 3.31. The zero-order chi connectivity index (χ0) is 18.0. The summed E-state index contributed by atoms with van der Waals surface area (Å²) in [6, 6.07) is 11.2. The molecule has 7 nitrogen and oxygen atoms in total. The van der Waals surface area contributed by atoms with E-state index in [1.807, 2.05) is 0 Å². The van der Waals surface area contributed by atoms with E-state index in [0.29, 0.717) is 11.5 Å². The minimum Gasteiger partial charge on any atom is -0.465 e. The molecule has 0 fully saturated rings. The maximum atomic E-state index is 12.9. The van der Waals surface area contributed by atoms with Crippen molar-refractivity contribution in [1.29, 1.82) is 0 Å². The summed E-state index contributed by atoms with van der Waals surface area (Å²) < 4.78 is 42.1. The van der Waals surface area contributed by atoms with E-state index < -0.39 is 16.0 Å². The minimum absolute atomic E-state index is 0.00235. The number of carbonyl (C=O) groups excluding carboxylic acids is 1. The molecule has 8 heteroatoms. The van der Waals surface area contributed by atoms with Crippen LogP contribution < -0.4 is 9.47 Å². The van der Waals surface area contributed by atoms with Crippen molar-refractivity contribution >= 4 is 16.0 Å². The van der Waals surface area contributed by atoms with Gasteiger partial charge in [0.25, 0.3) is 0 Å². The van der Waals surface area contributed by atoms with Crippen LogP contribution in [0.3, 0.4) is 0 Å². The van der Waals surface area contributed by atoms with Gasteiger partial charge in [-0.2, -0.15) is 4.31 Å². The van der Waals surface area contributed by atoms with Gasteiger partial charge in [-0.1, -0.05) is 18.2 Å². The van der Waals surface area contributed by atoms with Gasteiger partial charge in [0, 0.05) is 13.6 Å². The van der Waals surface area contributed by atoms with Crippen molar-refractivity contribution in [2.24, 2.45) is 0 Å². The first-order valence-electron chi connectivity index (χ1n) is 7.45. The molecule has 3 rings (SSSR count). The molecule has 0 radical (unpaired) electrons. The second-order valence-corrected chi connectivity index (χ2v) is 7.45. The molecule has 132 valence electrons. The number of methoxy groups -OCH3 is 1. The van der Waals surface area contributed by atoms with E-state index in [4.69, 9.17) is 9.47 Å². The molecule has 1 heterocycles. The molecule has 0 aliphatic carbocycles. The summed E-state index contributed by atoms with van der Waals surface area (Å²) in [6.07, 6.45) is 0. The van der Waals surface area contributed by atoms with Crippen molar-refractivity contribution < 1.29 is 27.4 Å². The van der Waals surface area contributed by atoms with Gasteiger partial charge in [0.2, 0.25) is 16.8 Å². The fraction of sp³-hybridized carbons (Fsp3) is 0.235. The second kappa shape index (κ2) is 6.73. The minimum atomic E-state index is -3.88. The zero-order valence-electron chi connectivity index (χ0n) is 13.8. The molecule has 0 unspecified atom stereocenters. The fourth-order valence-corrected chi connectivity index (χ4v) is 3.85. The van der Waals surface area contributed by atoms with Crippen molar-refractivity contribution in [1.82, 2.24) is 4.31 Å². The first-order chi connectivity index (χ1) is 11.9. The van der Waals surface area contributed by atoms with Crippen LogP contribution in [0.2, 0.25) is 0 Å². The Morgan fingerprint density at radius 2 is 1.88 bits per heavy atom. The lowest BCUT2D eigenvalue weighted by atomic mass is 10.2. The van der Waals surface area contributed by atoms with Crippen LogP contribution in [-0.2, 0) is 21.3 Å². The molecule has 25 heavy (non-hydrogen) atoms. The van der Waals surface area contributed by atoms with E-state index >= 15 is 0 Å². The molecule has 2 aromatic carbocycles. The molecular weight excluding hydrogens is 346 g/mol. The highest BCUT2D eigenvalue weighted by Gasteiger charge is 2.27. The molecule has 1 aliphatic rings. The SMILES string of the molecule is COC(=O)c1ccccc1S(=O)(=O)N(C)Cc1ccc2c(c1)OCO2. The molecule has 0 spiro atoms. The van der Waals surface area contributed by atoms with Crippen molar-refractivity contribution in [3.05, 3.63) is 53.6 Å². The predicted octanol–water partition coefficient (Wildman–Crippen LogP) is 2.02. The summed E-state index contributed by atoms with van der Waals surface area (Å²) in [4.78, 5) is 11.8. The Bertz CT molecular complexity index is 909. The van der Waals surface area contributed by atoms with Gasteiger partial charge in [-0.15, -0.1) is 0 Å². The van der Waals surface area contributed by atoms with Crippen LogP contribution in [0.25, 0.3) is 0 Å². The highest BCUT2D eigenvalue weighted by molar-refractivity contribution is 7.89. The standard InChI is InChI=1S/C17H17NO6S/c1-18(10-12-7-8-14-15(9-12)24-11-23-14)25(20,21)16-6-4-3-5-13(16)17(19)22-2/h3-9H,10-11H2,1-2H3. The van der Waals surface area contributed by atoms with Crippen LogP contribution in [0.1, 0.15) is 15.9 Å². The van der Waals surface area contributed by atoms with E-state index in [-0.39, 0.29) is 23.8 Å². The Hall–Kier alpha value is -2.58. The quantitative estimate of drug-likeness (QED) is 0.756. The average Bonchev–Trinajstić information content (AvgIpc) is 3.08. The summed E-state index contributed by atoms with van der Waals surface area (Å²) in [5.41, 5.74) is 0.744. The van der Waals surface area contributed by atoms with Crippen molar-refractivity contribution in [3.63, 3.8) is 0 Å². The van der Waals surface area contributed by atoms with Crippen LogP contribution in [-0.4, -0.2) is 39.6 Å². The highest BCUT2D eigenvalue weighted by Crippen LogP contribution is 2.33. The lowest BCUT2D eigenvalue weighted by Crippen LogP contribution is -2.28. The number of hydrogen-bond acceptors (Lipinski definition) is 6. The number of carbonyl (C=O) groups is 1. The molecule has 0 atom stereocenters. The van der Waals surface area contributed by atoms with Gasteiger partial charge < -0.3 is 14.2 Å². The third-order valence-corrected chi connectivity index (χ3v) is 5.68. The first kappa shape index (κ1) is 17.2. The second-order valence-electron chi connectivity index (χ2n) is 5.44. The number of sulfonamides is 1. The number of ether oxygens (including phenoxy) is 3. The highest BCUT2D eigenvalue weighted by atomic mass is 32.2. The van der Waals surface area contributed by atoms with Crippen LogP contribution in [0.15, 0.2) is 47.4 Å². The van der Waals surface area contributed by atoms with Gasteiger partial charge in [-0.05, 0) is 29.8 Å². The van der Waals surface area contributed by atoms with Crippen LogP contribution in [0.4, 0.5) is 0 Å². The molecule has 1 aliphatic heterocycles. The monoisotopic (exact) mass is 363 g/mol. The van der Waals surface area contributed by atoms with E-state index in [1.54, 1.807) is 30.3 Å². The number of nitrogens with zero attached hydrogens (tertiary/aromatic N) is 1. The third-order valence-electron chi connectivity index (χ3n) is 3.82. The van der Waals surface area contributed by atoms with Crippen molar-refractivity contribution in [2.45, 2.75) is 11.4 Å². The van der Waals surface area contributed by atoms with Crippen LogP contribution in [0, 0.1) is 0 Å². The van der Waals surface area contributed by atoms with E-state index in [1.165, 1.54) is 30.6 Å². The maximum absolute atomic E-state index is 12.9. The summed E-state index contributed by atoms with van der Waals surface area (Å²) in [5.74, 6) is 0.513. The summed E-state index contributed by atoms with van der Waals surface area (Å²) in [6.45, 7) is 0.272. The summed E-state index contributed by atoms with van der Waals surface area (Å²) >= 11 is 0. The molecule has 0 amide bonds. The Morgan fingerprint density at radius 3 is 2.64 bits per heavy atom. The van der Waals surface area contributed by atoms with Gasteiger partial charge >= 0.3 is 5.97 Å². The molecular formula is C17H17NO6S. The predicted molar refractivity (Wildman–Crippen MR) is 89.0 cm³/mol. The summed E-state index contributed by atoms with van der Waals surface area (Å²) in [5, 5.41) is 0. The average molecular weight is 363 g/mol. The molecule has 0 saturated heterocycles. The van der Waals surface area contributed by atoms with Gasteiger partial charge in [-0.3, -0.25) is 0 Å². The number of rotatable bonds is 5. The molecule has 0 aromatic heterocycles. The van der Waals surface area contributed by atoms with Crippen molar-refractivity contribution in [3.8, 4) is 11.5 Å². The Labute approximate surface area is 145 Å². The van der Waals surface area contributed by atoms with Gasteiger partial charge in [0.1, 0.15) is 0 Å². The fourth-order valence-electron chi connectivity index (χ4n) is 2.52. The Balaban J connectivity index is 1.89. The van der Waals surface area contributed by atoms with Crippen LogP contribution >= 0.6 is 0 Å². The van der Waals surface area contributed by atoms with Crippen molar-refractivity contribution in [2.75, 3.05) is 21.0 Å². The van der Waals surface area contributed by atoms with E-state index in [2.05, 4.69) is 4.74 Å². The summed E-state index contributed by atoms with van der Waals surface area (Å²) in [7, 11) is -1.21. The number of esters is 1. The zero-order valence-corrected chi connectivity index (χ0v) is 14.6. The normalized spacial score (nSPS) is 13.1.